The first-order valence-corrected chi connectivity index (χ1v) is 9.85. The third-order valence-corrected chi connectivity index (χ3v) is 6.10. The minimum atomic E-state index is -0.434. The quantitative estimate of drug-likeness (QED) is 0.759. The Labute approximate surface area is 153 Å². The molecule has 2 rings (SSSR count). The zero-order chi connectivity index (χ0) is 18.3. The normalized spacial score (nSPS) is 19.0. The summed E-state index contributed by atoms with van der Waals surface area (Å²) in [5, 5.41) is 3.14. The lowest BCUT2D eigenvalue weighted by molar-refractivity contribution is -0.131. The Balaban J connectivity index is 2.04. The summed E-state index contributed by atoms with van der Waals surface area (Å²) in [4.78, 5) is 15.2. The van der Waals surface area contributed by atoms with Gasteiger partial charge in [0.2, 0.25) is 5.91 Å². The largest absolute Gasteiger partial charge is 0.351 e. The Morgan fingerprint density at radius 2 is 1.92 bits per heavy atom. The molecular formula is C21H35N3O. The number of rotatable bonds is 8. The van der Waals surface area contributed by atoms with E-state index in [1.165, 1.54) is 36.9 Å². The van der Waals surface area contributed by atoms with Gasteiger partial charge in [0.25, 0.3) is 0 Å². The maximum atomic E-state index is 12.7. The van der Waals surface area contributed by atoms with E-state index in [0.717, 1.165) is 19.4 Å². The third kappa shape index (κ3) is 4.83. The number of nitrogens with one attached hydrogen (secondary N) is 1. The molecule has 1 fully saturated rings. The molecule has 1 aliphatic heterocycles. The summed E-state index contributed by atoms with van der Waals surface area (Å²) in [5.74, 6) is 0.0844. The van der Waals surface area contributed by atoms with Crippen molar-refractivity contribution in [3.63, 3.8) is 0 Å². The van der Waals surface area contributed by atoms with Gasteiger partial charge in [-0.05, 0) is 50.3 Å². The first-order valence-electron chi connectivity index (χ1n) is 9.85. The van der Waals surface area contributed by atoms with Gasteiger partial charge < -0.3 is 11.1 Å². The summed E-state index contributed by atoms with van der Waals surface area (Å²) in [6.45, 7) is 9.53. The molecule has 0 aromatic heterocycles. The molecule has 1 saturated heterocycles. The van der Waals surface area contributed by atoms with Crippen LogP contribution in [0.5, 0.6) is 0 Å². The van der Waals surface area contributed by atoms with Gasteiger partial charge in [0.1, 0.15) is 0 Å². The Morgan fingerprint density at radius 1 is 1.24 bits per heavy atom. The van der Waals surface area contributed by atoms with E-state index in [2.05, 4.69) is 41.4 Å². The van der Waals surface area contributed by atoms with Crippen LogP contribution in [0, 0.1) is 5.41 Å². The van der Waals surface area contributed by atoms with E-state index in [1.807, 2.05) is 13.8 Å². The summed E-state index contributed by atoms with van der Waals surface area (Å²) in [6.07, 6.45) is 5.46. The number of hydrogen-bond acceptors (Lipinski definition) is 3. The molecule has 1 atom stereocenters. The molecule has 0 aliphatic carbocycles. The molecule has 25 heavy (non-hydrogen) atoms. The highest BCUT2D eigenvalue weighted by atomic mass is 16.2. The highest BCUT2D eigenvalue weighted by Gasteiger charge is 2.33. The molecule has 4 nitrogen and oxygen atoms in total. The third-order valence-electron chi connectivity index (χ3n) is 6.10. The highest BCUT2D eigenvalue weighted by molar-refractivity contribution is 5.82. The van der Waals surface area contributed by atoms with Crippen molar-refractivity contribution in [1.29, 1.82) is 0 Å². The molecule has 1 heterocycles. The van der Waals surface area contributed by atoms with Gasteiger partial charge in [-0.25, -0.2) is 0 Å². The summed E-state index contributed by atoms with van der Waals surface area (Å²) in [7, 11) is 0. The van der Waals surface area contributed by atoms with Crippen molar-refractivity contribution in [2.75, 3.05) is 13.1 Å². The number of benzene rings is 1. The molecule has 1 aromatic rings. The molecule has 3 N–H and O–H groups in total. The molecule has 1 unspecified atom stereocenters. The van der Waals surface area contributed by atoms with Gasteiger partial charge in [-0.3, -0.25) is 9.69 Å². The molecule has 1 amide bonds. The van der Waals surface area contributed by atoms with Crippen molar-refractivity contribution in [1.82, 2.24) is 10.2 Å². The van der Waals surface area contributed by atoms with Crippen molar-refractivity contribution in [2.24, 2.45) is 11.1 Å². The predicted octanol–water partition coefficient (Wildman–Crippen LogP) is 3.44. The lowest BCUT2D eigenvalue weighted by Crippen LogP contribution is -2.45. The molecule has 1 aromatic carbocycles. The lowest BCUT2D eigenvalue weighted by Gasteiger charge is -2.34. The van der Waals surface area contributed by atoms with Crippen molar-refractivity contribution in [3.05, 3.63) is 35.4 Å². The van der Waals surface area contributed by atoms with E-state index < -0.39 is 5.41 Å². The SMILES string of the molecule is CCC(CC)(CN)C(=O)NCc1ccccc1CN1CCCCC1C. The van der Waals surface area contributed by atoms with Gasteiger partial charge in [-0.15, -0.1) is 0 Å². The van der Waals surface area contributed by atoms with Crippen LogP contribution >= 0.6 is 0 Å². The minimum absolute atomic E-state index is 0.0844. The average molecular weight is 346 g/mol. The zero-order valence-corrected chi connectivity index (χ0v) is 16.2. The van der Waals surface area contributed by atoms with Crippen LogP contribution in [0.15, 0.2) is 24.3 Å². The number of carbonyl (C=O) groups is 1. The molecule has 0 spiro atoms. The maximum absolute atomic E-state index is 12.7. The fraction of sp³-hybridized carbons (Fsp3) is 0.667. The van der Waals surface area contributed by atoms with Crippen molar-refractivity contribution < 1.29 is 4.79 Å². The topological polar surface area (TPSA) is 58.4 Å². The molecule has 0 radical (unpaired) electrons. The average Bonchev–Trinajstić information content (AvgIpc) is 2.65. The van der Waals surface area contributed by atoms with E-state index in [1.54, 1.807) is 0 Å². The summed E-state index contributed by atoms with van der Waals surface area (Å²) < 4.78 is 0. The van der Waals surface area contributed by atoms with Crippen molar-refractivity contribution >= 4 is 5.91 Å². The van der Waals surface area contributed by atoms with Crippen LogP contribution in [0.25, 0.3) is 0 Å². The van der Waals surface area contributed by atoms with Crippen LogP contribution in [0.2, 0.25) is 0 Å². The van der Waals surface area contributed by atoms with Gasteiger partial charge in [0.15, 0.2) is 0 Å². The van der Waals surface area contributed by atoms with E-state index in [0.29, 0.717) is 19.1 Å². The molecule has 0 bridgehead atoms. The second-order valence-electron chi connectivity index (χ2n) is 7.46. The Kier molecular flexibility index (Phi) is 7.45. The van der Waals surface area contributed by atoms with Crippen LogP contribution < -0.4 is 11.1 Å². The Hall–Kier alpha value is -1.39. The maximum Gasteiger partial charge on any atom is 0.227 e. The van der Waals surface area contributed by atoms with Crippen LogP contribution in [-0.4, -0.2) is 29.9 Å². The van der Waals surface area contributed by atoms with Gasteiger partial charge >= 0.3 is 0 Å². The molecule has 1 aliphatic rings. The summed E-state index contributed by atoms with van der Waals surface area (Å²) in [6, 6.07) is 9.12. The first-order chi connectivity index (χ1) is 12.1. The van der Waals surface area contributed by atoms with Crippen molar-refractivity contribution in [3.8, 4) is 0 Å². The highest BCUT2D eigenvalue weighted by Crippen LogP contribution is 2.25. The number of hydrogen-bond donors (Lipinski definition) is 2. The fourth-order valence-corrected chi connectivity index (χ4v) is 3.81. The Morgan fingerprint density at radius 3 is 2.52 bits per heavy atom. The number of carbonyl (C=O) groups excluding carboxylic acids is 1. The van der Waals surface area contributed by atoms with Gasteiger partial charge in [0, 0.05) is 25.7 Å². The molecule has 4 heteroatoms. The summed E-state index contributed by atoms with van der Waals surface area (Å²) >= 11 is 0. The van der Waals surface area contributed by atoms with E-state index in [4.69, 9.17) is 5.73 Å². The minimum Gasteiger partial charge on any atom is -0.351 e. The lowest BCUT2D eigenvalue weighted by atomic mass is 9.81. The number of piperidine rings is 1. The van der Waals surface area contributed by atoms with Crippen LogP contribution in [0.3, 0.4) is 0 Å². The standard InChI is InChI=1S/C21H35N3O/c1-4-21(5-2,16-22)20(25)23-14-18-11-6-7-12-19(18)15-24-13-9-8-10-17(24)3/h6-7,11-12,17H,4-5,8-10,13-16,22H2,1-3H3,(H,23,25). The number of nitrogens with zero attached hydrogens (tertiary/aromatic N) is 1. The van der Waals surface area contributed by atoms with Crippen LogP contribution in [0.4, 0.5) is 0 Å². The summed E-state index contributed by atoms with van der Waals surface area (Å²) in [5.41, 5.74) is 8.00. The van der Waals surface area contributed by atoms with Crippen LogP contribution in [0.1, 0.15) is 64.0 Å². The van der Waals surface area contributed by atoms with Crippen LogP contribution in [-0.2, 0) is 17.9 Å². The predicted molar refractivity (Wildman–Crippen MR) is 104 cm³/mol. The second kappa shape index (κ2) is 9.35. The number of amides is 1. The Bertz CT molecular complexity index is 546. The number of nitrogens with two attached hydrogens (primary N) is 1. The van der Waals surface area contributed by atoms with E-state index >= 15 is 0 Å². The monoisotopic (exact) mass is 345 g/mol. The first kappa shape index (κ1) is 19.9. The van der Waals surface area contributed by atoms with E-state index in [9.17, 15) is 4.79 Å². The smallest absolute Gasteiger partial charge is 0.227 e. The molecule has 140 valence electrons. The zero-order valence-electron chi connectivity index (χ0n) is 16.2. The molecule has 0 saturated carbocycles. The van der Waals surface area contributed by atoms with Gasteiger partial charge in [-0.1, -0.05) is 44.5 Å². The van der Waals surface area contributed by atoms with E-state index in [-0.39, 0.29) is 5.91 Å². The van der Waals surface area contributed by atoms with Gasteiger partial charge in [0.05, 0.1) is 5.41 Å². The van der Waals surface area contributed by atoms with Crippen molar-refractivity contribution in [2.45, 2.75) is 72.0 Å². The van der Waals surface area contributed by atoms with Gasteiger partial charge in [-0.2, -0.15) is 0 Å². The molecular weight excluding hydrogens is 310 g/mol. The second-order valence-corrected chi connectivity index (χ2v) is 7.46. The number of likely N-dealkylation sites (tertiary alicyclic amines) is 1. The fourth-order valence-electron chi connectivity index (χ4n) is 3.81.